The van der Waals surface area contributed by atoms with Gasteiger partial charge in [-0.15, -0.1) is 0 Å². The highest BCUT2D eigenvalue weighted by atomic mass is 16.5. The van der Waals surface area contributed by atoms with Gasteiger partial charge in [0, 0.05) is 13.2 Å². The van der Waals surface area contributed by atoms with Crippen molar-refractivity contribution in [2.75, 3.05) is 19.8 Å². The maximum absolute atomic E-state index is 6.31. The fraction of sp³-hybridized carbons (Fsp3) is 0.867. The van der Waals surface area contributed by atoms with Crippen LogP contribution in [0.4, 0.5) is 0 Å². The smallest absolute Gasteiger partial charge is 0.249 e. The van der Waals surface area contributed by atoms with Gasteiger partial charge in [-0.1, -0.05) is 18.5 Å². The van der Waals surface area contributed by atoms with E-state index in [1.807, 2.05) is 6.92 Å². The van der Waals surface area contributed by atoms with Gasteiger partial charge in [0.25, 0.3) is 0 Å². The molecule has 1 aromatic heterocycles. The van der Waals surface area contributed by atoms with Gasteiger partial charge in [0.05, 0.1) is 6.61 Å². The van der Waals surface area contributed by atoms with E-state index in [0.29, 0.717) is 43.9 Å². The van der Waals surface area contributed by atoms with Crippen molar-refractivity contribution in [3.8, 4) is 0 Å². The Bertz CT molecular complexity index is 480. The molecule has 0 bridgehead atoms. The highest BCUT2D eigenvalue weighted by molar-refractivity contribution is 5.10. The van der Waals surface area contributed by atoms with Crippen molar-refractivity contribution in [2.45, 2.75) is 57.1 Å². The van der Waals surface area contributed by atoms with Crippen LogP contribution in [0, 0.1) is 5.92 Å². The van der Waals surface area contributed by atoms with Crippen molar-refractivity contribution in [1.82, 2.24) is 10.1 Å². The maximum Gasteiger partial charge on any atom is 0.249 e. The van der Waals surface area contributed by atoms with Crippen molar-refractivity contribution >= 4 is 0 Å². The van der Waals surface area contributed by atoms with Crippen LogP contribution in [0.15, 0.2) is 4.52 Å². The van der Waals surface area contributed by atoms with Gasteiger partial charge in [0.1, 0.15) is 11.1 Å². The van der Waals surface area contributed by atoms with Gasteiger partial charge in [-0.2, -0.15) is 4.98 Å². The normalized spacial score (nSPS) is 37.0. The number of aromatic nitrogens is 2. The highest BCUT2D eigenvalue weighted by Gasteiger charge is 2.44. The van der Waals surface area contributed by atoms with E-state index in [-0.39, 0.29) is 0 Å². The lowest BCUT2D eigenvalue weighted by molar-refractivity contribution is -0.0891. The van der Waals surface area contributed by atoms with Gasteiger partial charge in [0.15, 0.2) is 0 Å². The predicted molar refractivity (Wildman–Crippen MR) is 76.5 cm³/mol. The van der Waals surface area contributed by atoms with Crippen molar-refractivity contribution in [3.05, 3.63) is 11.7 Å². The minimum atomic E-state index is -0.640. The summed E-state index contributed by atoms with van der Waals surface area (Å²) in [6.07, 6.45) is 4.95. The average Bonchev–Trinajstić information content (AvgIpc) is 3.09. The summed E-state index contributed by atoms with van der Waals surface area (Å²) in [7, 11) is 0. The van der Waals surface area contributed by atoms with Crippen LogP contribution >= 0.6 is 0 Å². The second-order valence-electron chi connectivity index (χ2n) is 6.51. The predicted octanol–water partition coefficient (Wildman–Crippen LogP) is 2.09. The molecule has 6 nitrogen and oxygen atoms in total. The van der Waals surface area contributed by atoms with Crippen LogP contribution in [0.2, 0.25) is 0 Å². The van der Waals surface area contributed by atoms with Crippen LogP contribution < -0.4 is 5.73 Å². The summed E-state index contributed by atoms with van der Waals surface area (Å²) in [5.41, 5.74) is 5.25. The fourth-order valence-corrected chi connectivity index (χ4v) is 3.54. The summed E-state index contributed by atoms with van der Waals surface area (Å²) < 4.78 is 16.9. The van der Waals surface area contributed by atoms with Gasteiger partial charge < -0.3 is 19.7 Å². The maximum atomic E-state index is 6.31. The van der Waals surface area contributed by atoms with Crippen LogP contribution in [0.5, 0.6) is 0 Å². The van der Waals surface area contributed by atoms with Gasteiger partial charge in [-0.05, 0) is 38.5 Å². The van der Waals surface area contributed by atoms with E-state index in [1.54, 1.807) is 0 Å². The fourth-order valence-electron chi connectivity index (χ4n) is 3.54. The standard InChI is InChI=1S/C15H25N3O3/c1-3-20-15(6-4-5-11(2)9-15)12-17-13(21-18-12)14(16)7-8-19-10-14/h11H,3-10,16H2,1-2H3. The first-order valence-electron chi connectivity index (χ1n) is 7.93. The summed E-state index contributed by atoms with van der Waals surface area (Å²) in [6, 6.07) is 0. The molecule has 1 aromatic rings. The van der Waals surface area contributed by atoms with Crippen LogP contribution in [0.25, 0.3) is 0 Å². The Hall–Kier alpha value is -0.980. The first-order valence-corrected chi connectivity index (χ1v) is 7.93. The number of ether oxygens (including phenoxy) is 2. The molecule has 118 valence electrons. The molecule has 21 heavy (non-hydrogen) atoms. The molecular formula is C15H25N3O3. The molecule has 6 heteroatoms. The molecule has 2 aliphatic rings. The lowest BCUT2D eigenvalue weighted by atomic mass is 9.78. The van der Waals surface area contributed by atoms with E-state index in [0.717, 1.165) is 19.3 Å². The number of nitrogens with zero attached hydrogens (tertiary/aromatic N) is 2. The van der Waals surface area contributed by atoms with Crippen LogP contribution in [0.3, 0.4) is 0 Å². The zero-order valence-corrected chi connectivity index (χ0v) is 12.9. The summed E-state index contributed by atoms with van der Waals surface area (Å²) >= 11 is 0. The minimum Gasteiger partial charge on any atom is -0.379 e. The topological polar surface area (TPSA) is 83.4 Å². The summed E-state index contributed by atoms with van der Waals surface area (Å²) in [5.74, 6) is 1.74. The van der Waals surface area contributed by atoms with Gasteiger partial charge in [0.2, 0.25) is 11.7 Å². The van der Waals surface area contributed by atoms with E-state index >= 15 is 0 Å². The molecule has 1 aliphatic heterocycles. The molecule has 1 saturated heterocycles. The highest BCUT2D eigenvalue weighted by Crippen LogP contribution is 2.42. The Labute approximate surface area is 125 Å². The molecule has 3 atom stereocenters. The third-order valence-corrected chi connectivity index (χ3v) is 4.69. The third-order valence-electron chi connectivity index (χ3n) is 4.69. The van der Waals surface area contributed by atoms with E-state index < -0.39 is 11.1 Å². The Balaban J connectivity index is 1.88. The number of nitrogens with two attached hydrogens (primary N) is 1. The minimum absolute atomic E-state index is 0.413. The molecule has 1 saturated carbocycles. The SMILES string of the molecule is CCOC1(c2noc(C3(N)CCOC3)n2)CCCC(C)C1. The quantitative estimate of drug-likeness (QED) is 0.915. The largest absolute Gasteiger partial charge is 0.379 e. The second-order valence-corrected chi connectivity index (χ2v) is 6.51. The van der Waals surface area contributed by atoms with Crippen molar-refractivity contribution in [3.63, 3.8) is 0 Å². The Morgan fingerprint density at radius 2 is 2.29 bits per heavy atom. The number of hydrogen-bond donors (Lipinski definition) is 1. The molecule has 1 aliphatic carbocycles. The lowest BCUT2D eigenvalue weighted by Crippen LogP contribution is -2.39. The van der Waals surface area contributed by atoms with Gasteiger partial charge in [-0.25, -0.2) is 0 Å². The molecule has 3 rings (SSSR count). The Morgan fingerprint density at radius 3 is 2.95 bits per heavy atom. The molecule has 0 radical (unpaired) electrons. The molecular weight excluding hydrogens is 270 g/mol. The zero-order valence-electron chi connectivity index (χ0n) is 12.9. The molecule has 0 aromatic carbocycles. The molecule has 0 amide bonds. The second kappa shape index (κ2) is 5.66. The Kier molecular flexibility index (Phi) is 4.03. The monoisotopic (exact) mass is 295 g/mol. The summed E-state index contributed by atoms with van der Waals surface area (Å²) in [6.45, 7) is 5.99. The van der Waals surface area contributed by atoms with E-state index in [1.165, 1.54) is 6.42 Å². The van der Waals surface area contributed by atoms with E-state index in [9.17, 15) is 0 Å². The molecule has 2 fully saturated rings. The van der Waals surface area contributed by atoms with Crippen LogP contribution in [0.1, 0.15) is 57.7 Å². The average molecular weight is 295 g/mol. The molecule has 2 heterocycles. The molecule has 3 unspecified atom stereocenters. The van der Waals surface area contributed by atoms with E-state index in [4.69, 9.17) is 19.7 Å². The van der Waals surface area contributed by atoms with Gasteiger partial charge in [-0.3, -0.25) is 0 Å². The van der Waals surface area contributed by atoms with Crippen molar-refractivity contribution in [1.29, 1.82) is 0 Å². The number of rotatable bonds is 4. The number of hydrogen-bond acceptors (Lipinski definition) is 6. The molecule has 0 spiro atoms. The van der Waals surface area contributed by atoms with Gasteiger partial charge >= 0.3 is 0 Å². The zero-order chi connectivity index (χ0) is 14.9. The van der Waals surface area contributed by atoms with Crippen molar-refractivity contribution in [2.24, 2.45) is 11.7 Å². The lowest BCUT2D eigenvalue weighted by Gasteiger charge is -2.37. The first kappa shape index (κ1) is 14.9. The molecule has 2 N–H and O–H groups in total. The first-order chi connectivity index (χ1) is 10.1. The van der Waals surface area contributed by atoms with E-state index in [2.05, 4.69) is 17.1 Å². The Morgan fingerprint density at radius 1 is 1.43 bits per heavy atom. The summed E-state index contributed by atoms with van der Waals surface area (Å²) in [4.78, 5) is 4.61. The van der Waals surface area contributed by atoms with Crippen LogP contribution in [-0.4, -0.2) is 30.0 Å². The summed E-state index contributed by atoms with van der Waals surface area (Å²) in [5, 5.41) is 4.21. The third kappa shape index (κ3) is 2.72. The van der Waals surface area contributed by atoms with Crippen molar-refractivity contribution < 1.29 is 14.0 Å². The van der Waals surface area contributed by atoms with Crippen LogP contribution in [-0.2, 0) is 20.6 Å².